The van der Waals surface area contributed by atoms with Crippen molar-refractivity contribution in [2.75, 3.05) is 7.11 Å². The number of nitrogens with zero attached hydrogens (tertiary/aromatic N) is 3. The Hall–Kier alpha value is -3.46. The number of aromatic nitrogens is 3. The van der Waals surface area contributed by atoms with Gasteiger partial charge >= 0.3 is 0 Å². The van der Waals surface area contributed by atoms with E-state index in [1.54, 1.807) is 19.2 Å². The molecule has 0 spiro atoms. The van der Waals surface area contributed by atoms with E-state index in [0.29, 0.717) is 17.4 Å². The molecule has 0 aliphatic carbocycles. The maximum Gasteiger partial charge on any atom is 0.273 e. The fourth-order valence-corrected chi connectivity index (χ4v) is 2.31. The third-order valence-corrected chi connectivity index (χ3v) is 3.71. The first kappa shape index (κ1) is 17.4. The lowest BCUT2D eigenvalue weighted by Crippen LogP contribution is -2.13. The Kier molecular flexibility index (Phi) is 5.09. The molecule has 134 valence electrons. The summed E-state index contributed by atoms with van der Waals surface area (Å²) in [7, 11) is 1.60. The highest BCUT2D eigenvalue weighted by Gasteiger charge is 2.15. The molecule has 0 radical (unpaired) electrons. The molecule has 1 atom stereocenters. The molecule has 3 aromatic rings. The highest BCUT2D eigenvalue weighted by molar-refractivity contribution is 5.38. The van der Waals surface area contributed by atoms with Gasteiger partial charge in [0.05, 0.1) is 24.1 Å². The molecule has 0 saturated heterocycles. The van der Waals surface area contributed by atoms with Crippen LogP contribution < -0.4 is 15.2 Å². The Morgan fingerprint density at radius 1 is 1.23 bits per heavy atom. The zero-order valence-electron chi connectivity index (χ0n) is 14.0. The second-order valence-corrected chi connectivity index (χ2v) is 5.43. The summed E-state index contributed by atoms with van der Waals surface area (Å²) in [6, 6.07) is 12.8. The Morgan fingerprint density at radius 2 is 2.00 bits per heavy atom. The molecule has 0 aliphatic rings. The van der Waals surface area contributed by atoms with Crippen molar-refractivity contribution in [2.45, 2.75) is 12.6 Å². The van der Waals surface area contributed by atoms with E-state index in [2.05, 4.69) is 15.2 Å². The minimum atomic E-state index is -0.497. The molecule has 0 unspecified atom stereocenters. The van der Waals surface area contributed by atoms with E-state index in [1.165, 1.54) is 12.1 Å². The van der Waals surface area contributed by atoms with E-state index in [4.69, 9.17) is 15.2 Å². The van der Waals surface area contributed by atoms with Crippen LogP contribution in [0.1, 0.15) is 23.3 Å². The van der Waals surface area contributed by atoms with Gasteiger partial charge in [0, 0.05) is 6.07 Å². The maximum atomic E-state index is 10.8. The van der Waals surface area contributed by atoms with Crippen LogP contribution in [-0.2, 0) is 6.61 Å². The van der Waals surface area contributed by atoms with Gasteiger partial charge in [0.2, 0.25) is 0 Å². The SMILES string of the molecule is COc1ccc([C@@H](N)c2n[nH]c(COc3cccc([N+](=O)[O-])c3)n2)cc1. The average Bonchev–Trinajstić information content (AvgIpc) is 3.15. The molecule has 0 saturated carbocycles. The number of rotatable bonds is 7. The molecule has 0 bridgehead atoms. The van der Waals surface area contributed by atoms with E-state index in [9.17, 15) is 10.1 Å². The zero-order chi connectivity index (χ0) is 18.5. The fourth-order valence-electron chi connectivity index (χ4n) is 2.31. The quantitative estimate of drug-likeness (QED) is 0.491. The van der Waals surface area contributed by atoms with Gasteiger partial charge in [0.25, 0.3) is 5.69 Å². The third kappa shape index (κ3) is 3.95. The topological polar surface area (TPSA) is 129 Å². The van der Waals surface area contributed by atoms with Crippen molar-refractivity contribution in [1.82, 2.24) is 15.2 Å². The van der Waals surface area contributed by atoms with Crippen molar-refractivity contribution in [2.24, 2.45) is 5.73 Å². The van der Waals surface area contributed by atoms with Gasteiger partial charge in [-0.25, -0.2) is 4.98 Å². The van der Waals surface area contributed by atoms with Crippen LogP contribution in [0, 0.1) is 10.1 Å². The number of non-ortho nitro benzene ring substituents is 1. The van der Waals surface area contributed by atoms with Gasteiger partial charge in [-0.05, 0) is 23.8 Å². The summed E-state index contributed by atoms with van der Waals surface area (Å²) in [6.45, 7) is 0.0868. The number of hydrogen-bond acceptors (Lipinski definition) is 7. The second-order valence-electron chi connectivity index (χ2n) is 5.43. The Labute approximate surface area is 148 Å². The summed E-state index contributed by atoms with van der Waals surface area (Å²) in [5, 5.41) is 17.7. The molecule has 1 heterocycles. The molecule has 0 amide bonds. The highest BCUT2D eigenvalue weighted by atomic mass is 16.6. The summed E-state index contributed by atoms with van der Waals surface area (Å²) < 4.78 is 10.6. The van der Waals surface area contributed by atoms with Crippen LogP contribution in [0.5, 0.6) is 11.5 Å². The number of H-pyrrole nitrogens is 1. The predicted octanol–water partition coefficient (Wildman–Crippen LogP) is 2.35. The predicted molar refractivity (Wildman–Crippen MR) is 92.8 cm³/mol. The molecule has 0 fully saturated rings. The number of nitrogens with one attached hydrogen (secondary N) is 1. The lowest BCUT2D eigenvalue weighted by atomic mass is 10.1. The molecule has 3 rings (SSSR count). The first-order valence-electron chi connectivity index (χ1n) is 7.75. The summed E-state index contributed by atoms with van der Waals surface area (Å²) in [5.74, 6) is 2.00. The summed E-state index contributed by atoms with van der Waals surface area (Å²) in [5.41, 5.74) is 6.98. The minimum Gasteiger partial charge on any atom is -0.497 e. The van der Waals surface area contributed by atoms with Crippen molar-refractivity contribution >= 4 is 5.69 Å². The van der Waals surface area contributed by atoms with Crippen molar-refractivity contribution in [3.8, 4) is 11.5 Å². The number of benzene rings is 2. The average molecular weight is 355 g/mol. The van der Waals surface area contributed by atoms with Crippen LogP contribution in [0.15, 0.2) is 48.5 Å². The number of ether oxygens (including phenoxy) is 2. The van der Waals surface area contributed by atoms with E-state index >= 15 is 0 Å². The second kappa shape index (κ2) is 7.62. The monoisotopic (exact) mass is 355 g/mol. The molecular formula is C17H17N5O4. The van der Waals surface area contributed by atoms with Gasteiger partial charge in [-0.1, -0.05) is 18.2 Å². The Balaban J connectivity index is 1.65. The number of nitrogens with two attached hydrogens (primary N) is 1. The largest absolute Gasteiger partial charge is 0.497 e. The van der Waals surface area contributed by atoms with Gasteiger partial charge in [0.15, 0.2) is 11.6 Å². The van der Waals surface area contributed by atoms with Crippen LogP contribution in [-0.4, -0.2) is 27.2 Å². The van der Waals surface area contributed by atoms with Crippen LogP contribution in [0.3, 0.4) is 0 Å². The minimum absolute atomic E-state index is 0.0395. The summed E-state index contributed by atoms with van der Waals surface area (Å²) in [6.07, 6.45) is 0. The van der Waals surface area contributed by atoms with Crippen LogP contribution in [0.2, 0.25) is 0 Å². The number of aromatic amines is 1. The first-order chi connectivity index (χ1) is 12.6. The number of hydrogen-bond donors (Lipinski definition) is 2. The molecule has 26 heavy (non-hydrogen) atoms. The van der Waals surface area contributed by atoms with Gasteiger partial charge in [-0.2, -0.15) is 5.10 Å². The normalized spacial score (nSPS) is 11.8. The van der Waals surface area contributed by atoms with E-state index in [-0.39, 0.29) is 12.3 Å². The van der Waals surface area contributed by atoms with Crippen molar-refractivity contribution in [3.05, 3.63) is 75.9 Å². The lowest BCUT2D eigenvalue weighted by Gasteiger charge is -2.08. The molecular weight excluding hydrogens is 338 g/mol. The Bertz CT molecular complexity index is 894. The van der Waals surface area contributed by atoms with E-state index < -0.39 is 11.0 Å². The van der Waals surface area contributed by atoms with Crippen LogP contribution in [0.4, 0.5) is 5.69 Å². The molecule has 3 N–H and O–H groups in total. The van der Waals surface area contributed by atoms with Crippen molar-refractivity contribution in [3.63, 3.8) is 0 Å². The number of nitro benzene ring substituents is 1. The summed E-state index contributed by atoms with van der Waals surface area (Å²) >= 11 is 0. The van der Waals surface area contributed by atoms with Gasteiger partial charge in [0.1, 0.15) is 18.1 Å². The van der Waals surface area contributed by atoms with E-state index in [1.807, 2.05) is 24.3 Å². The van der Waals surface area contributed by atoms with Gasteiger partial charge in [-0.15, -0.1) is 0 Å². The van der Waals surface area contributed by atoms with Crippen LogP contribution >= 0.6 is 0 Å². The number of nitro groups is 1. The highest BCUT2D eigenvalue weighted by Crippen LogP contribution is 2.21. The maximum absolute atomic E-state index is 10.8. The standard InChI is InChI=1S/C17H17N5O4/c1-25-13-7-5-11(6-8-13)16(18)17-19-15(20-21-17)10-26-14-4-2-3-12(9-14)22(23)24/h2-9,16H,10,18H2,1H3,(H,19,20,21)/t16-/m1/s1. The molecule has 2 aromatic carbocycles. The van der Waals surface area contributed by atoms with E-state index in [0.717, 1.165) is 11.3 Å². The molecule has 1 aromatic heterocycles. The smallest absolute Gasteiger partial charge is 0.273 e. The fraction of sp³-hybridized carbons (Fsp3) is 0.176. The van der Waals surface area contributed by atoms with Gasteiger partial charge in [-0.3, -0.25) is 15.2 Å². The van der Waals surface area contributed by atoms with Gasteiger partial charge < -0.3 is 15.2 Å². The summed E-state index contributed by atoms with van der Waals surface area (Å²) in [4.78, 5) is 14.6. The van der Waals surface area contributed by atoms with Crippen LogP contribution in [0.25, 0.3) is 0 Å². The lowest BCUT2D eigenvalue weighted by molar-refractivity contribution is -0.384. The molecule has 9 heteroatoms. The zero-order valence-corrected chi connectivity index (χ0v) is 14.0. The molecule has 0 aliphatic heterocycles. The number of methoxy groups -OCH3 is 1. The third-order valence-electron chi connectivity index (χ3n) is 3.71. The Morgan fingerprint density at radius 3 is 2.69 bits per heavy atom. The van der Waals surface area contributed by atoms with Crippen molar-refractivity contribution in [1.29, 1.82) is 0 Å². The van der Waals surface area contributed by atoms with Crippen molar-refractivity contribution < 1.29 is 14.4 Å². The molecule has 9 nitrogen and oxygen atoms in total. The first-order valence-corrected chi connectivity index (χ1v) is 7.75.